The Labute approximate surface area is 118 Å². The summed E-state index contributed by atoms with van der Waals surface area (Å²) in [5.41, 5.74) is 0. The number of hydrogen-bond acceptors (Lipinski definition) is 3. The Hall–Kier alpha value is -0.720. The van der Waals surface area contributed by atoms with Gasteiger partial charge in [0.2, 0.25) is 5.91 Å². The number of pyridine rings is 1. The lowest BCUT2D eigenvalue weighted by atomic mass is 10.2. The van der Waals surface area contributed by atoms with Crippen molar-refractivity contribution in [1.29, 1.82) is 0 Å². The zero-order valence-electron chi connectivity index (χ0n) is 9.32. The Morgan fingerprint density at radius 1 is 1.50 bits per heavy atom. The lowest BCUT2D eigenvalue weighted by molar-refractivity contribution is -0.118. The number of carbonyl (C=O) groups is 1. The second kappa shape index (κ2) is 5.11. The van der Waals surface area contributed by atoms with Crippen LogP contribution >= 0.6 is 28.3 Å². The van der Waals surface area contributed by atoms with Crippen molar-refractivity contribution in [2.24, 2.45) is 5.92 Å². The summed E-state index contributed by atoms with van der Waals surface area (Å²) in [5.74, 6) is 0.496. The summed E-state index contributed by atoms with van der Waals surface area (Å²) in [6, 6.07) is 3.11. The average molecular weight is 337 g/mol. The first kappa shape index (κ1) is 13.7. The molecule has 7 heteroatoms. The van der Waals surface area contributed by atoms with E-state index in [0.717, 1.165) is 6.42 Å². The summed E-state index contributed by atoms with van der Waals surface area (Å²) in [5, 5.41) is 5.93. The van der Waals surface area contributed by atoms with Gasteiger partial charge in [0, 0.05) is 6.04 Å². The molecule has 2 N–H and O–H groups in total. The summed E-state index contributed by atoms with van der Waals surface area (Å²) < 4.78 is 13.1. The summed E-state index contributed by atoms with van der Waals surface area (Å²) in [7, 11) is 0. The molecule has 3 atom stereocenters. The van der Waals surface area contributed by atoms with Crippen LogP contribution in [0.3, 0.4) is 0 Å². The second-order valence-corrected chi connectivity index (χ2v) is 5.27. The van der Waals surface area contributed by atoms with Crippen LogP contribution in [0, 0.1) is 11.7 Å². The SMILES string of the molecule is Cl.O=C(Nc1ccc(F)c(Br)n1)[C@@H]1C[C@H]2C[C@H]2N1. The Morgan fingerprint density at radius 2 is 2.28 bits per heavy atom. The predicted octanol–water partition coefficient (Wildman–Crippen LogP) is 2.09. The number of fused-ring (bicyclic) bond motifs is 1. The number of nitrogens with one attached hydrogen (secondary N) is 2. The maximum Gasteiger partial charge on any atom is 0.242 e. The van der Waals surface area contributed by atoms with Crippen LogP contribution in [0.5, 0.6) is 0 Å². The molecule has 0 radical (unpaired) electrons. The summed E-state index contributed by atoms with van der Waals surface area (Å²) >= 11 is 2.98. The molecule has 0 bridgehead atoms. The molecule has 98 valence electrons. The van der Waals surface area contributed by atoms with Crippen molar-refractivity contribution in [3.63, 3.8) is 0 Å². The van der Waals surface area contributed by atoms with Crippen molar-refractivity contribution < 1.29 is 9.18 Å². The quantitative estimate of drug-likeness (QED) is 0.813. The first-order valence-corrected chi connectivity index (χ1v) is 6.32. The topological polar surface area (TPSA) is 54.0 Å². The lowest BCUT2D eigenvalue weighted by Gasteiger charge is -2.12. The third-order valence-electron chi connectivity index (χ3n) is 3.25. The van der Waals surface area contributed by atoms with Crippen LogP contribution in [0.4, 0.5) is 10.2 Å². The second-order valence-electron chi connectivity index (χ2n) is 4.52. The molecule has 0 spiro atoms. The van der Waals surface area contributed by atoms with E-state index < -0.39 is 5.82 Å². The van der Waals surface area contributed by atoms with Crippen molar-refractivity contribution >= 4 is 40.1 Å². The Morgan fingerprint density at radius 3 is 2.89 bits per heavy atom. The van der Waals surface area contributed by atoms with E-state index >= 15 is 0 Å². The molecule has 1 aromatic rings. The molecule has 1 aliphatic carbocycles. The van der Waals surface area contributed by atoms with Crippen LogP contribution < -0.4 is 10.6 Å². The van der Waals surface area contributed by atoms with Gasteiger partial charge in [0.25, 0.3) is 0 Å². The summed E-state index contributed by atoms with van der Waals surface area (Å²) in [6.45, 7) is 0. The Balaban J connectivity index is 0.00000120. The molecule has 4 nitrogen and oxygen atoms in total. The fraction of sp³-hybridized carbons (Fsp3) is 0.455. The molecule has 0 unspecified atom stereocenters. The van der Waals surface area contributed by atoms with E-state index in [2.05, 4.69) is 31.5 Å². The van der Waals surface area contributed by atoms with Gasteiger partial charge in [-0.2, -0.15) is 0 Å². The normalized spacial score (nSPS) is 28.2. The molecule has 1 aliphatic heterocycles. The van der Waals surface area contributed by atoms with Crippen molar-refractivity contribution in [3.05, 3.63) is 22.6 Å². The Kier molecular flexibility index (Phi) is 3.89. The number of halogens is 3. The van der Waals surface area contributed by atoms with Crippen molar-refractivity contribution in [1.82, 2.24) is 10.3 Å². The number of piperidine rings is 1. The third-order valence-corrected chi connectivity index (χ3v) is 3.80. The molecule has 1 saturated heterocycles. The highest BCUT2D eigenvalue weighted by atomic mass is 79.9. The molecule has 1 aromatic heterocycles. The maximum atomic E-state index is 13.0. The molecular weight excluding hydrogens is 324 g/mol. The largest absolute Gasteiger partial charge is 0.309 e. The van der Waals surface area contributed by atoms with Crippen molar-refractivity contribution in [3.8, 4) is 0 Å². The lowest BCUT2D eigenvalue weighted by Crippen LogP contribution is -2.38. The fourth-order valence-electron chi connectivity index (χ4n) is 2.22. The highest BCUT2D eigenvalue weighted by molar-refractivity contribution is 9.10. The van der Waals surface area contributed by atoms with E-state index in [-0.39, 0.29) is 29.0 Å². The van der Waals surface area contributed by atoms with Gasteiger partial charge in [0.1, 0.15) is 10.4 Å². The van der Waals surface area contributed by atoms with Crippen LogP contribution in [-0.4, -0.2) is 23.0 Å². The zero-order chi connectivity index (χ0) is 12.0. The van der Waals surface area contributed by atoms with Gasteiger partial charge in [-0.1, -0.05) is 0 Å². The summed E-state index contributed by atoms with van der Waals surface area (Å²) in [4.78, 5) is 15.8. The van der Waals surface area contributed by atoms with Gasteiger partial charge in [-0.3, -0.25) is 4.79 Å². The van der Waals surface area contributed by atoms with Crippen molar-refractivity contribution in [2.45, 2.75) is 24.9 Å². The van der Waals surface area contributed by atoms with E-state index in [4.69, 9.17) is 0 Å². The van der Waals surface area contributed by atoms with Crippen LogP contribution in [0.15, 0.2) is 16.7 Å². The smallest absolute Gasteiger partial charge is 0.242 e. The standard InChI is InChI=1S/C11H11BrFN3O.ClH/c12-10-6(13)1-2-9(15-10)16-11(17)8-4-5-3-7(5)14-8;/h1-2,5,7-8,14H,3-4H2,(H,15,16,17);1H/t5-,7-,8+;/m1./s1. The minimum Gasteiger partial charge on any atom is -0.309 e. The number of rotatable bonds is 2. The average Bonchev–Trinajstić information content (AvgIpc) is 2.91. The van der Waals surface area contributed by atoms with Gasteiger partial charge in [-0.15, -0.1) is 12.4 Å². The molecular formula is C11H12BrClFN3O. The van der Waals surface area contributed by atoms with Gasteiger partial charge in [-0.05, 0) is 46.8 Å². The van der Waals surface area contributed by atoms with Crippen molar-refractivity contribution in [2.75, 3.05) is 5.32 Å². The molecule has 18 heavy (non-hydrogen) atoms. The van der Waals surface area contributed by atoms with Gasteiger partial charge in [0.05, 0.1) is 6.04 Å². The van der Waals surface area contributed by atoms with Crippen LogP contribution in [0.25, 0.3) is 0 Å². The number of hydrogen-bond donors (Lipinski definition) is 2. The molecule has 1 amide bonds. The molecule has 0 aromatic carbocycles. The molecule has 1 saturated carbocycles. The minimum absolute atomic E-state index is 0. The number of carbonyl (C=O) groups excluding carboxylic acids is 1. The van der Waals surface area contributed by atoms with Gasteiger partial charge < -0.3 is 10.6 Å². The fourth-order valence-corrected chi connectivity index (χ4v) is 2.55. The minimum atomic E-state index is -0.441. The van der Waals surface area contributed by atoms with Crippen LogP contribution in [0.2, 0.25) is 0 Å². The number of amides is 1. The zero-order valence-corrected chi connectivity index (χ0v) is 11.7. The monoisotopic (exact) mass is 335 g/mol. The Bertz CT molecular complexity index is 477. The summed E-state index contributed by atoms with van der Waals surface area (Å²) in [6.07, 6.45) is 2.07. The molecule has 2 fully saturated rings. The predicted molar refractivity (Wildman–Crippen MR) is 71.2 cm³/mol. The van der Waals surface area contributed by atoms with E-state index in [1.54, 1.807) is 0 Å². The van der Waals surface area contributed by atoms with E-state index in [1.807, 2.05) is 0 Å². The molecule has 2 aliphatic rings. The molecule has 3 rings (SSSR count). The molecule has 2 heterocycles. The number of nitrogens with zero attached hydrogens (tertiary/aromatic N) is 1. The number of aromatic nitrogens is 1. The van der Waals surface area contributed by atoms with E-state index in [9.17, 15) is 9.18 Å². The number of anilines is 1. The third kappa shape index (κ3) is 2.65. The highest BCUT2D eigenvalue weighted by Crippen LogP contribution is 2.40. The first-order valence-electron chi connectivity index (χ1n) is 5.52. The van der Waals surface area contributed by atoms with E-state index in [0.29, 0.717) is 17.8 Å². The van der Waals surface area contributed by atoms with Crippen LogP contribution in [0.1, 0.15) is 12.8 Å². The van der Waals surface area contributed by atoms with Crippen LogP contribution in [-0.2, 0) is 4.79 Å². The first-order chi connectivity index (χ1) is 8.13. The van der Waals surface area contributed by atoms with Gasteiger partial charge in [0.15, 0.2) is 5.82 Å². The highest BCUT2D eigenvalue weighted by Gasteiger charge is 2.47. The van der Waals surface area contributed by atoms with E-state index in [1.165, 1.54) is 18.6 Å². The van der Waals surface area contributed by atoms with Gasteiger partial charge in [-0.25, -0.2) is 9.37 Å². The maximum absolute atomic E-state index is 13.0. The van der Waals surface area contributed by atoms with Gasteiger partial charge >= 0.3 is 0 Å².